The predicted octanol–water partition coefficient (Wildman–Crippen LogP) is 4.15. The summed E-state index contributed by atoms with van der Waals surface area (Å²) in [6.45, 7) is 3.99. The molecule has 0 radical (unpaired) electrons. The van der Waals surface area contributed by atoms with E-state index in [1.54, 1.807) is 13.2 Å². The number of ether oxygens (including phenoxy) is 1. The lowest BCUT2D eigenvalue weighted by atomic mass is 10.0. The van der Waals surface area contributed by atoms with Crippen LogP contribution in [0.5, 0.6) is 5.75 Å². The van der Waals surface area contributed by atoms with Crippen LogP contribution in [-0.4, -0.2) is 80.9 Å². The van der Waals surface area contributed by atoms with Gasteiger partial charge in [0.05, 0.1) is 19.7 Å². The zero-order chi connectivity index (χ0) is 26.5. The van der Waals surface area contributed by atoms with Crippen LogP contribution in [0.25, 0.3) is 0 Å². The van der Waals surface area contributed by atoms with Crippen molar-refractivity contribution < 1.29 is 4.74 Å². The molecule has 200 valence electrons. The second kappa shape index (κ2) is 12.3. The number of nitrogens with two attached hydrogens (primary N) is 2. The first-order valence-electron chi connectivity index (χ1n) is 12.7. The fourth-order valence-corrected chi connectivity index (χ4v) is 5.43. The third-order valence-corrected chi connectivity index (χ3v) is 7.84. The standard InChI is InChI=1S/C27H37Cl2N7O/c1-34(2)20-8-11-35(12-9-20)21-5-7-23(25(15-21)37-3)33-26(30)16-24-27(31)32-10-13-36(24)17-18-14-19(28)4-6-22(18)29/h4-7,14-15,20,24H,8-13,16-17H2,1-3H3,(H2,30,33)(H2,31,32). The zero-order valence-corrected chi connectivity index (χ0v) is 23.3. The molecule has 4 N–H and O–H groups in total. The molecule has 0 spiro atoms. The highest BCUT2D eigenvalue weighted by molar-refractivity contribution is 6.33. The van der Waals surface area contributed by atoms with E-state index in [-0.39, 0.29) is 6.04 Å². The molecule has 2 aromatic carbocycles. The number of rotatable bonds is 8. The molecular formula is C27H37Cl2N7O. The number of halogens is 2. The number of hydrogen-bond donors (Lipinski definition) is 2. The molecule has 2 heterocycles. The zero-order valence-electron chi connectivity index (χ0n) is 21.8. The van der Waals surface area contributed by atoms with Crippen molar-refractivity contribution in [3.8, 4) is 5.75 Å². The second-order valence-electron chi connectivity index (χ2n) is 9.87. The van der Waals surface area contributed by atoms with Gasteiger partial charge in [-0.05, 0) is 62.8 Å². The van der Waals surface area contributed by atoms with Gasteiger partial charge in [-0.3, -0.25) is 9.89 Å². The average Bonchev–Trinajstić information content (AvgIpc) is 2.88. The molecule has 1 unspecified atom stereocenters. The second-order valence-corrected chi connectivity index (χ2v) is 10.7. The Hall–Kier alpha value is -2.52. The maximum atomic E-state index is 6.45. The van der Waals surface area contributed by atoms with Crippen molar-refractivity contribution in [2.75, 3.05) is 52.3 Å². The van der Waals surface area contributed by atoms with Gasteiger partial charge in [-0.25, -0.2) is 4.99 Å². The Balaban J connectivity index is 1.48. The van der Waals surface area contributed by atoms with E-state index in [0.29, 0.717) is 58.7 Å². The van der Waals surface area contributed by atoms with Gasteiger partial charge in [-0.2, -0.15) is 0 Å². The number of anilines is 1. The fraction of sp³-hybridized carbons (Fsp3) is 0.481. The molecule has 8 nitrogen and oxygen atoms in total. The van der Waals surface area contributed by atoms with Crippen molar-refractivity contribution in [2.24, 2.45) is 21.5 Å². The lowest BCUT2D eigenvalue weighted by molar-refractivity contribution is 0.231. The van der Waals surface area contributed by atoms with Gasteiger partial charge in [0.1, 0.15) is 23.1 Å². The monoisotopic (exact) mass is 545 g/mol. The lowest BCUT2D eigenvalue weighted by Gasteiger charge is -2.36. The average molecular weight is 547 g/mol. The first-order chi connectivity index (χ1) is 17.7. The lowest BCUT2D eigenvalue weighted by Crippen LogP contribution is -2.50. The summed E-state index contributed by atoms with van der Waals surface area (Å²) >= 11 is 12.6. The van der Waals surface area contributed by atoms with E-state index in [1.165, 1.54) is 0 Å². The van der Waals surface area contributed by atoms with Gasteiger partial charge < -0.3 is 26.0 Å². The molecule has 4 rings (SSSR count). The van der Waals surface area contributed by atoms with Crippen LogP contribution < -0.4 is 21.1 Å². The topological polar surface area (TPSA) is 95.7 Å². The maximum absolute atomic E-state index is 6.45. The summed E-state index contributed by atoms with van der Waals surface area (Å²) in [4.78, 5) is 16.1. The minimum absolute atomic E-state index is 0.184. The van der Waals surface area contributed by atoms with Crippen molar-refractivity contribution in [3.63, 3.8) is 0 Å². The molecule has 1 atom stereocenters. The van der Waals surface area contributed by atoms with E-state index < -0.39 is 0 Å². The Kier molecular flexibility index (Phi) is 9.18. The molecule has 2 aromatic rings. The number of piperidine rings is 1. The molecule has 10 heteroatoms. The Labute approximate surface area is 229 Å². The number of hydrogen-bond acceptors (Lipinski definition) is 7. The first kappa shape index (κ1) is 27.5. The molecule has 2 aliphatic rings. The molecule has 2 aliphatic heterocycles. The number of methoxy groups -OCH3 is 1. The molecule has 1 fully saturated rings. The normalized spacial score (nSPS) is 19.8. The van der Waals surface area contributed by atoms with E-state index in [4.69, 9.17) is 44.4 Å². The maximum Gasteiger partial charge on any atom is 0.146 e. The Morgan fingerprint density at radius 3 is 2.59 bits per heavy atom. The number of aliphatic imine (C=N–C) groups is 2. The molecule has 0 bridgehead atoms. The third kappa shape index (κ3) is 6.87. The molecule has 1 saturated heterocycles. The molecule has 0 saturated carbocycles. The quantitative estimate of drug-likeness (QED) is 0.382. The minimum atomic E-state index is -0.184. The van der Waals surface area contributed by atoms with E-state index in [9.17, 15) is 0 Å². The molecule has 0 amide bonds. The van der Waals surface area contributed by atoms with Crippen molar-refractivity contribution in [3.05, 3.63) is 52.0 Å². The molecule has 37 heavy (non-hydrogen) atoms. The number of nitrogens with zero attached hydrogens (tertiary/aromatic N) is 5. The number of amidine groups is 2. The van der Waals surface area contributed by atoms with E-state index in [2.05, 4.69) is 39.9 Å². The van der Waals surface area contributed by atoms with E-state index in [0.717, 1.165) is 43.7 Å². The number of benzene rings is 2. The van der Waals surface area contributed by atoms with Crippen LogP contribution in [0.1, 0.15) is 24.8 Å². The SMILES string of the molecule is COc1cc(N2CCC(N(C)C)CC2)ccc1N=C(N)CC1C(N)=NCCN1Cc1cc(Cl)ccc1Cl. The molecule has 0 aromatic heterocycles. The van der Waals surface area contributed by atoms with Gasteiger partial charge in [0.2, 0.25) is 0 Å². The van der Waals surface area contributed by atoms with Crippen molar-refractivity contribution in [1.82, 2.24) is 9.80 Å². The predicted molar refractivity (Wildman–Crippen MR) is 155 cm³/mol. The highest BCUT2D eigenvalue weighted by Gasteiger charge is 2.27. The van der Waals surface area contributed by atoms with Crippen LogP contribution in [0, 0.1) is 0 Å². The van der Waals surface area contributed by atoms with Gasteiger partial charge in [-0.1, -0.05) is 23.2 Å². The van der Waals surface area contributed by atoms with Gasteiger partial charge >= 0.3 is 0 Å². The molecular weight excluding hydrogens is 509 g/mol. The van der Waals surface area contributed by atoms with Crippen molar-refractivity contribution >= 4 is 46.2 Å². The Bertz CT molecular complexity index is 1150. The minimum Gasteiger partial charge on any atom is -0.494 e. The van der Waals surface area contributed by atoms with Crippen LogP contribution in [0.4, 0.5) is 11.4 Å². The Morgan fingerprint density at radius 2 is 1.89 bits per heavy atom. The van der Waals surface area contributed by atoms with Crippen LogP contribution in [-0.2, 0) is 6.54 Å². The van der Waals surface area contributed by atoms with Gasteiger partial charge in [0, 0.05) is 60.4 Å². The summed E-state index contributed by atoms with van der Waals surface area (Å²) < 4.78 is 5.69. The van der Waals surface area contributed by atoms with Crippen molar-refractivity contribution in [1.29, 1.82) is 0 Å². The largest absolute Gasteiger partial charge is 0.494 e. The van der Waals surface area contributed by atoms with Crippen LogP contribution in [0.15, 0.2) is 46.4 Å². The summed E-state index contributed by atoms with van der Waals surface area (Å²) in [6, 6.07) is 12.0. The fourth-order valence-electron chi connectivity index (χ4n) is 5.06. The van der Waals surface area contributed by atoms with E-state index in [1.807, 2.05) is 24.3 Å². The highest BCUT2D eigenvalue weighted by Crippen LogP contribution is 2.34. The summed E-state index contributed by atoms with van der Waals surface area (Å²) in [6.07, 6.45) is 2.73. The first-order valence-corrected chi connectivity index (χ1v) is 13.4. The third-order valence-electron chi connectivity index (χ3n) is 7.23. The summed E-state index contributed by atoms with van der Waals surface area (Å²) in [5, 5.41) is 1.31. The van der Waals surface area contributed by atoms with Crippen LogP contribution >= 0.6 is 23.2 Å². The Morgan fingerprint density at radius 1 is 1.14 bits per heavy atom. The van der Waals surface area contributed by atoms with Gasteiger partial charge in [-0.15, -0.1) is 0 Å². The summed E-state index contributed by atoms with van der Waals surface area (Å²) in [5.41, 5.74) is 15.6. The summed E-state index contributed by atoms with van der Waals surface area (Å²) in [7, 11) is 5.97. The highest BCUT2D eigenvalue weighted by atomic mass is 35.5. The smallest absolute Gasteiger partial charge is 0.146 e. The molecule has 0 aliphatic carbocycles. The van der Waals surface area contributed by atoms with Gasteiger partial charge in [0.25, 0.3) is 0 Å². The van der Waals surface area contributed by atoms with Gasteiger partial charge in [0.15, 0.2) is 0 Å². The van der Waals surface area contributed by atoms with Crippen molar-refractivity contribution in [2.45, 2.75) is 37.9 Å². The van der Waals surface area contributed by atoms with Crippen LogP contribution in [0.3, 0.4) is 0 Å². The van der Waals surface area contributed by atoms with Crippen LogP contribution in [0.2, 0.25) is 10.0 Å². The van der Waals surface area contributed by atoms with E-state index >= 15 is 0 Å². The summed E-state index contributed by atoms with van der Waals surface area (Å²) in [5.74, 6) is 1.71.